The Hall–Kier alpha value is -3.47. The van der Waals surface area contributed by atoms with Crippen LogP contribution in [-0.2, 0) is 25.8 Å². The van der Waals surface area contributed by atoms with Crippen molar-refractivity contribution in [1.82, 2.24) is 0 Å². The summed E-state index contributed by atoms with van der Waals surface area (Å²) in [4.78, 5) is 0.389. The Balaban J connectivity index is 1.58. The first-order chi connectivity index (χ1) is 16.6. The number of hydrogen-bond acceptors (Lipinski definition) is 3. The first kappa shape index (κ1) is 20.0. The second-order valence-electron chi connectivity index (χ2n) is 9.33. The molecule has 4 heteroatoms. The molecule has 1 spiro atoms. The SMILES string of the molecule is O=S1(=O)C(c2ccccc2)=CC12CC1(c3ccccc3)OC2(c2ccccc2)c2ccccc21. The molecule has 3 atom stereocenters. The minimum atomic E-state index is -3.71. The largest absolute Gasteiger partial charge is 0.347 e. The molecule has 1 fully saturated rings. The zero-order valence-electron chi connectivity index (χ0n) is 18.4. The summed E-state index contributed by atoms with van der Waals surface area (Å²) >= 11 is 0. The lowest BCUT2D eigenvalue weighted by molar-refractivity contribution is -0.0445. The van der Waals surface area contributed by atoms with E-state index in [1.807, 2.05) is 115 Å². The van der Waals surface area contributed by atoms with Gasteiger partial charge in [-0.15, -0.1) is 0 Å². The van der Waals surface area contributed by atoms with Crippen molar-refractivity contribution in [2.75, 3.05) is 0 Å². The Morgan fingerprint density at radius 1 is 0.618 bits per heavy atom. The van der Waals surface area contributed by atoms with E-state index in [4.69, 9.17) is 4.74 Å². The lowest BCUT2D eigenvalue weighted by atomic mass is 9.65. The molecule has 3 nitrogen and oxygen atoms in total. The summed E-state index contributed by atoms with van der Waals surface area (Å²) in [5.74, 6) is 0. The summed E-state index contributed by atoms with van der Waals surface area (Å²) in [5, 5.41) is 0. The predicted octanol–water partition coefficient (Wildman–Crippen LogP) is 5.82. The van der Waals surface area contributed by atoms with E-state index in [1.54, 1.807) is 0 Å². The third-order valence-corrected chi connectivity index (χ3v) is 10.2. The number of ether oxygens (including phenoxy) is 1. The Bertz CT molecular complexity index is 1560. The van der Waals surface area contributed by atoms with Gasteiger partial charge in [0.25, 0.3) is 0 Å². The molecule has 3 heterocycles. The minimum absolute atomic E-state index is 0.342. The highest BCUT2D eigenvalue weighted by Crippen LogP contribution is 2.73. The molecule has 0 amide bonds. The maximum atomic E-state index is 14.4. The second kappa shape index (κ2) is 6.56. The molecule has 4 aromatic carbocycles. The van der Waals surface area contributed by atoms with Crippen LogP contribution in [0, 0.1) is 0 Å². The van der Waals surface area contributed by atoms with Crippen molar-refractivity contribution in [3.63, 3.8) is 0 Å². The molecular weight excluding hydrogens is 440 g/mol. The number of rotatable bonds is 3. The average molecular weight is 463 g/mol. The first-order valence-corrected chi connectivity index (χ1v) is 13.0. The van der Waals surface area contributed by atoms with Gasteiger partial charge in [-0.1, -0.05) is 115 Å². The fraction of sp³-hybridized carbons (Fsp3) is 0.133. The van der Waals surface area contributed by atoms with Gasteiger partial charge in [0.15, 0.2) is 9.84 Å². The van der Waals surface area contributed by atoms with Gasteiger partial charge in [0.05, 0.1) is 4.91 Å². The maximum absolute atomic E-state index is 14.4. The Labute approximate surface area is 199 Å². The zero-order chi connectivity index (χ0) is 23.0. The molecular formula is C30H22O3S. The molecule has 4 aromatic rings. The molecule has 0 saturated carbocycles. The standard InChI is InChI=1S/C30H22O3S/c31-34(32)27(22-12-4-1-5-13-22)20-28(34)21-29(23-14-6-2-7-15-23)25-18-10-11-19-26(25)30(28,33-29)24-16-8-3-9-17-24/h1-20H,21H2. The van der Waals surface area contributed by atoms with Crippen molar-refractivity contribution in [2.24, 2.45) is 0 Å². The molecule has 0 aromatic heterocycles. The second-order valence-corrected chi connectivity index (χ2v) is 11.5. The highest BCUT2D eigenvalue weighted by atomic mass is 32.2. The van der Waals surface area contributed by atoms with Gasteiger partial charge < -0.3 is 4.74 Å². The van der Waals surface area contributed by atoms with E-state index < -0.39 is 25.8 Å². The molecule has 0 aliphatic carbocycles. The first-order valence-electron chi connectivity index (χ1n) is 11.5. The lowest BCUT2D eigenvalue weighted by Crippen LogP contribution is -2.59. The van der Waals surface area contributed by atoms with Crippen LogP contribution in [0.4, 0.5) is 0 Å². The van der Waals surface area contributed by atoms with Crippen LogP contribution in [0.3, 0.4) is 0 Å². The summed E-state index contributed by atoms with van der Waals surface area (Å²) in [6, 6.07) is 37.4. The van der Waals surface area contributed by atoms with Gasteiger partial charge in [-0.2, -0.15) is 0 Å². The van der Waals surface area contributed by atoms with Crippen molar-refractivity contribution in [2.45, 2.75) is 22.4 Å². The average Bonchev–Trinajstić information content (AvgIpc) is 3.40. The topological polar surface area (TPSA) is 43.4 Å². The summed E-state index contributed by atoms with van der Waals surface area (Å²) in [6.07, 6.45) is 2.31. The third kappa shape index (κ3) is 2.14. The molecule has 3 unspecified atom stereocenters. The Morgan fingerprint density at radius 3 is 1.76 bits per heavy atom. The molecule has 3 aliphatic rings. The monoisotopic (exact) mass is 462 g/mol. The van der Waals surface area contributed by atoms with Crippen LogP contribution in [0.2, 0.25) is 0 Å². The summed E-state index contributed by atoms with van der Waals surface area (Å²) in [7, 11) is -3.71. The quantitative estimate of drug-likeness (QED) is 0.386. The Morgan fingerprint density at radius 2 is 1.15 bits per heavy atom. The van der Waals surface area contributed by atoms with Crippen LogP contribution in [0.25, 0.3) is 4.91 Å². The van der Waals surface area contributed by atoms with E-state index in [-0.39, 0.29) is 0 Å². The van der Waals surface area contributed by atoms with Crippen molar-refractivity contribution in [3.8, 4) is 0 Å². The number of fused-ring (bicyclic) bond motifs is 6. The molecule has 0 radical (unpaired) electrons. The molecule has 0 N–H and O–H groups in total. The number of benzene rings is 4. The zero-order valence-corrected chi connectivity index (χ0v) is 19.2. The Kier molecular flexibility index (Phi) is 3.85. The van der Waals surface area contributed by atoms with Crippen LogP contribution in [-0.4, -0.2) is 13.2 Å². The van der Waals surface area contributed by atoms with E-state index in [9.17, 15) is 8.42 Å². The van der Waals surface area contributed by atoms with Crippen molar-refractivity contribution >= 4 is 14.7 Å². The van der Waals surface area contributed by atoms with Crippen LogP contribution in [0.15, 0.2) is 121 Å². The highest BCUT2D eigenvalue weighted by molar-refractivity contribution is 8.03. The van der Waals surface area contributed by atoms with Crippen molar-refractivity contribution < 1.29 is 13.2 Å². The molecule has 1 saturated heterocycles. The van der Waals surface area contributed by atoms with Crippen LogP contribution in [0.1, 0.15) is 34.2 Å². The van der Waals surface area contributed by atoms with E-state index in [0.29, 0.717) is 11.3 Å². The fourth-order valence-electron chi connectivity index (χ4n) is 6.39. The predicted molar refractivity (Wildman–Crippen MR) is 133 cm³/mol. The van der Waals surface area contributed by atoms with Crippen molar-refractivity contribution in [1.29, 1.82) is 0 Å². The van der Waals surface area contributed by atoms with Gasteiger partial charge in [0, 0.05) is 6.42 Å². The van der Waals surface area contributed by atoms with Gasteiger partial charge in [-0.25, -0.2) is 8.42 Å². The third-order valence-electron chi connectivity index (χ3n) is 7.79. The van der Waals surface area contributed by atoms with Crippen molar-refractivity contribution in [3.05, 3.63) is 149 Å². The molecule has 7 rings (SSSR count). The maximum Gasteiger partial charge on any atom is 0.191 e. The van der Waals surface area contributed by atoms with Gasteiger partial charge in [-0.3, -0.25) is 0 Å². The smallest absolute Gasteiger partial charge is 0.191 e. The van der Waals surface area contributed by atoms with E-state index >= 15 is 0 Å². The van der Waals surface area contributed by atoms with Gasteiger partial charge in [0.1, 0.15) is 15.9 Å². The molecule has 166 valence electrons. The van der Waals surface area contributed by atoms with Crippen LogP contribution < -0.4 is 0 Å². The van der Waals surface area contributed by atoms with E-state index in [2.05, 4.69) is 6.07 Å². The summed E-state index contributed by atoms with van der Waals surface area (Å²) in [5.41, 5.74) is 2.58. The number of sulfone groups is 1. The molecule has 3 aliphatic heterocycles. The number of hydrogen-bond donors (Lipinski definition) is 0. The van der Waals surface area contributed by atoms with Crippen LogP contribution in [0.5, 0.6) is 0 Å². The highest BCUT2D eigenvalue weighted by Gasteiger charge is 2.79. The minimum Gasteiger partial charge on any atom is -0.347 e. The molecule has 2 bridgehead atoms. The van der Waals surface area contributed by atoms with Crippen LogP contribution >= 0.6 is 0 Å². The van der Waals surface area contributed by atoms with Gasteiger partial charge >= 0.3 is 0 Å². The van der Waals surface area contributed by atoms with E-state index in [0.717, 1.165) is 27.8 Å². The summed E-state index contributed by atoms with van der Waals surface area (Å²) in [6.45, 7) is 0. The summed E-state index contributed by atoms with van der Waals surface area (Å²) < 4.78 is 34.7. The van der Waals surface area contributed by atoms with E-state index in [1.165, 1.54) is 0 Å². The van der Waals surface area contributed by atoms with Gasteiger partial charge in [0.2, 0.25) is 0 Å². The lowest BCUT2D eigenvalue weighted by Gasteiger charge is -2.49. The normalized spacial score (nSPS) is 29.9. The van der Waals surface area contributed by atoms with Gasteiger partial charge in [-0.05, 0) is 33.9 Å². The molecule has 34 heavy (non-hydrogen) atoms. The fourth-order valence-corrected chi connectivity index (χ4v) is 8.72.